The van der Waals surface area contributed by atoms with Gasteiger partial charge in [0.05, 0.1) is 12.2 Å². The predicted molar refractivity (Wildman–Crippen MR) is 109 cm³/mol. The van der Waals surface area contributed by atoms with E-state index >= 15 is 0 Å². The number of alkyl carbamates (subject to hydrolysis) is 1. The highest BCUT2D eigenvalue weighted by molar-refractivity contribution is 7.86. The van der Waals surface area contributed by atoms with Crippen LogP contribution in [0.1, 0.15) is 47.1 Å². The monoisotopic (exact) mass is 429 g/mol. The zero-order chi connectivity index (χ0) is 22.5. The lowest BCUT2D eigenvalue weighted by Gasteiger charge is -2.25. The van der Waals surface area contributed by atoms with Crippen LogP contribution >= 0.6 is 0 Å². The fourth-order valence-corrected chi connectivity index (χ4v) is 2.75. The van der Waals surface area contributed by atoms with Gasteiger partial charge in [0.15, 0.2) is 0 Å². The van der Waals surface area contributed by atoms with Gasteiger partial charge in [-0.2, -0.15) is 8.42 Å². The quantitative estimate of drug-likeness (QED) is 0.524. The van der Waals surface area contributed by atoms with Gasteiger partial charge >= 0.3 is 22.2 Å². The van der Waals surface area contributed by atoms with Gasteiger partial charge in [0.25, 0.3) is 0 Å². The summed E-state index contributed by atoms with van der Waals surface area (Å²) in [4.78, 5) is 24.5. The van der Waals surface area contributed by atoms with E-state index in [2.05, 4.69) is 5.32 Å². The first kappa shape index (κ1) is 24.7. The SMILES string of the molecule is CC(C)(C)OC(=O)NCC(Cc1ccc(OS(C)(=O)=O)cc1)C(=O)OC(C)(C)C. The van der Waals surface area contributed by atoms with Crippen LogP contribution in [0.2, 0.25) is 0 Å². The number of hydrogen-bond donors (Lipinski definition) is 1. The molecule has 0 fully saturated rings. The molecule has 0 spiro atoms. The van der Waals surface area contributed by atoms with E-state index < -0.39 is 39.3 Å². The van der Waals surface area contributed by atoms with Crippen molar-refractivity contribution in [2.24, 2.45) is 5.92 Å². The molecule has 8 nitrogen and oxygen atoms in total. The average Bonchev–Trinajstić information content (AvgIpc) is 2.48. The first-order chi connectivity index (χ1) is 13.0. The summed E-state index contributed by atoms with van der Waals surface area (Å²) < 4.78 is 37.9. The van der Waals surface area contributed by atoms with Crippen LogP contribution < -0.4 is 9.50 Å². The third-order valence-electron chi connectivity index (χ3n) is 3.28. The van der Waals surface area contributed by atoms with Crippen molar-refractivity contribution >= 4 is 22.2 Å². The predicted octanol–water partition coefficient (Wildman–Crippen LogP) is 3.05. The number of esters is 1. The molecule has 9 heteroatoms. The van der Waals surface area contributed by atoms with Crippen molar-refractivity contribution < 1.29 is 31.7 Å². The van der Waals surface area contributed by atoms with Gasteiger partial charge in [-0.3, -0.25) is 4.79 Å². The van der Waals surface area contributed by atoms with E-state index in [9.17, 15) is 18.0 Å². The van der Waals surface area contributed by atoms with Crippen LogP contribution in [0.3, 0.4) is 0 Å². The smallest absolute Gasteiger partial charge is 0.407 e. The Morgan fingerprint density at radius 2 is 1.48 bits per heavy atom. The first-order valence-corrected chi connectivity index (χ1v) is 11.0. The van der Waals surface area contributed by atoms with Gasteiger partial charge in [-0.1, -0.05) is 12.1 Å². The van der Waals surface area contributed by atoms with E-state index in [1.165, 1.54) is 12.1 Å². The van der Waals surface area contributed by atoms with Gasteiger partial charge in [0, 0.05) is 6.54 Å². The van der Waals surface area contributed by atoms with E-state index in [1.54, 1.807) is 53.7 Å². The van der Waals surface area contributed by atoms with Crippen molar-refractivity contribution in [2.45, 2.75) is 59.2 Å². The minimum atomic E-state index is -3.62. The largest absolute Gasteiger partial charge is 0.460 e. The summed E-state index contributed by atoms with van der Waals surface area (Å²) in [6, 6.07) is 6.32. The summed E-state index contributed by atoms with van der Waals surface area (Å²) in [5, 5.41) is 2.60. The molecule has 0 heterocycles. The van der Waals surface area contributed by atoms with E-state index in [0.717, 1.165) is 11.8 Å². The van der Waals surface area contributed by atoms with Crippen LogP contribution in [-0.4, -0.2) is 44.5 Å². The highest BCUT2D eigenvalue weighted by Crippen LogP contribution is 2.19. The number of carbonyl (C=O) groups excluding carboxylic acids is 2. The number of ether oxygens (including phenoxy) is 2. The average molecular weight is 430 g/mol. The van der Waals surface area contributed by atoms with Crippen molar-refractivity contribution in [3.63, 3.8) is 0 Å². The van der Waals surface area contributed by atoms with E-state index in [-0.39, 0.29) is 18.7 Å². The Hall–Kier alpha value is -2.29. The molecule has 0 aromatic heterocycles. The number of nitrogens with one attached hydrogen (secondary N) is 1. The molecule has 0 aliphatic heterocycles. The van der Waals surface area contributed by atoms with Crippen molar-refractivity contribution in [1.29, 1.82) is 0 Å². The normalized spacial score (nSPS) is 13.3. The third-order valence-corrected chi connectivity index (χ3v) is 3.78. The lowest BCUT2D eigenvalue weighted by atomic mass is 9.99. The molecule has 1 atom stereocenters. The fraction of sp³-hybridized carbons (Fsp3) is 0.600. The number of benzene rings is 1. The molecule has 0 aliphatic carbocycles. The molecule has 1 aromatic carbocycles. The molecule has 1 aromatic rings. The summed E-state index contributed by atoms with van der Waals surface area (Å²) in [6.07, 6.45) is 0.619. The highest BCUT2D eigenvalue weighted by Gasteiger charge is 2.27. The second kappa shape index (κ2) is 9.47. The molecular formula is C20H31NO7S. The standard InChI is InChI=1S/C20H31NO7S/c1-19(2,3)26-17(22)15(13-21-18(23)27-20(4,5)6)12-14-8-10-16(11-9-14)28-29(7,24)25/h8-11,15H,12-13H2,1-7H3,(H,21,23). The molecule has 1 unspecified atom stereocenters. The summed E-state index contributed by atoms with van der Waals surface area (Å²) in [5.74, 6) is -0.926. The fourth-order valence-electron chi connectivity index (χ4n) is 2.29. The Bertz CT molecular complexity index is 803. The Balaban J connectivity index is 2.88. The van der Waals surface area contributed by atoms with Gasteiger partial charge in [0.1, 0.15) is 17.0 Å². The lowest BCUT2D eigenvalue weighted by Crippen LogP contribution is -2.40. The maximum absolute atomic E-state index is 12.6. The zero-order valence-corrected chi connectivity index (χ0v) is 18.9. The third kappa shape index (κ3) is 11.3. The van der Waals surface area contributed by atoms with E-state index in [4.69, 9.17) is 13.7 Å². The van der Waals surface area contributed by atoms with Gasteiger partial charge in [-0.25, -0.2) is 4.79 Å². The zero-order valence-electron chi connectivity index (χ0n) is 18.1. The van der Waals surface area contributed by atoms with Crippen molar-refractivity contribution in [2.75, 3.05) is 12.8 Å². The number of hydrogen-bond acceptors (Lipinski definition) is 7. The molecule has 0 aliphatic rings. The molecule has 29 heavy (non-hydrogen) atoms. The maximum atomic E-state index is 12.6. The van der Waals surface area contributed by atoms with E-state index in [1.807, 2.05) is 0 Å². The number of rotatable bonds is 7. The highest BCUT2D eigenvalue weighted by atomic mass is 32.2. The number of amides is 1. The summed E-state index contributed by atoms with van der Waals surface area (Å²) >= 11 is 0. The Morgan fingerprint density at radius 3 is 1.93 bits per heavy atom. The van der Waals surface area contributed by atoms with Crippen LogP contribution in [0.25, 0.3) is 0 Å². The summed E-state index contributed by atoms with van der Waals surface area (Å²) in [7, 11) is -3.62. The lowest BCUT2D eigenvalue weighted by molar-refractivity contribution is -0.159. The molecule has 0 saturated heterocycles. The molecule has 1 rings (SSSR count). The second-order valence-electron chi connectivity index (χ2n) is 8.75. The van der Waals surface area contributed by atoms with Gasteiger partial charge in [0.2, 0.25) is 0 Å². The molecular weight excluding hydrogens is 398 g/mol. The van der Waals surface area contributed by atoms with Crippen LogP contribution in [0, 0.1) is 5.92 Å². The molecule has 164 valence electrons. The molecule has 0 bridgehead atoms. The maximum Gasteiger partial charge on any atom is 0.407 e. The van der Waals surface area contributed by atoms with Crippen LogP contribution in [-0.2, 0) is 30.8 Å². The Kier molecular flexibility index (Phi) is 8.08. The van der Waals surface area contributed by atoms with Crippen molar-refractivity contribution in [1.82, 2.24) is 5.32 Å². The van der Waals surface area contributed by atoms with Crippen LogP contribution in [0.5, 0.6) is 5.75 Å². The minimum absolute atomic E-state index is 0.0332. The molecule has 0 radical (unpaired) electrons. The van der Waals surface area contributed by atoms with Gasteiger partial charge in [-0.15, -0.1) is 0 Å². The first-order valence-electron chi connectivity index (χ1n) is 9.22. The van der Waals surface area contributed by atoms with E-state index in [0.29, 0.717) is 0 Å². The topological polar surface area (TPSA) is 108 Å². The minimum Gasteiger partial charge on any atom is -0.460 e. The number of carbonyl (C=O) groups is 2. The Morgan fingerprint density at radius 1 is 0.966 bits per heavy atom. The van der Waals surface area contributed by atoms with Gasteiger partial charge in [-0.05, 0) is 65.7 Å². The summed E-state index contributed by atoms with van der Waals surface area (Å²) in [6.45, 7) is 10.6. The van der Waals surface area contributed by atoms with Crippen molar-refractivity contribution in [3.05, 3.63) is 29.8 Å². The second-order valence-corrected chi connectivity index (χ2v) is 10.3. The Labute approximate surface area is 173 Å². The summed E-state index contributed by atoms with van der Waals surface area (Å²) in [5.41, 5.74) is -0.567. The van der Waals surface area contributed by atoms with Crippen LogP contribution in [0.15, 0.2) is 24.3 Å². The molecule has 0 saturated carbocycles. The van der Waals surface area contributed by atoms with Crippen molar-refractivity contribution in [3.8, 4) is 5.75 Å². The van der Waals surface area contributed by atoms with Gasteiger partial charge < -0.3 is 19.0 Å². The molecule has 1 N–H and O–H groups in total. The van der Waals surface area contributed by atoms with Crippen LogP contribution in [0.4, 0.5) is 4.79 Å². The molecule has 1 amide bonds.